The number of aromatic nitrogens is 3. The number of aliphatic hydroxyl groups is 1. The van der Waals surface area contributed by atoms with E-state index in [4.69, 9.17) is 0 Å². The normalized spacial score (nSPS) is 16.0. The number of rotatable bonds is 6. The van der Waals surface area contributed by atoms with Crippen molar-refractivity contribution in [2.45, 2.75) is 31.4 Å². The number of hydrogen-bond acceptors (Lipinski definition) is 5. The third-order valence-electron chi connectivity index (χ3n) is 4.30. The second-order valence-corrected chi connectivity index (χ2v) is 6.27. The summed E-state index contributed by atoms with van der Waals surface area (Å²) in [7, 11) is 0. The maximum Gasteiger partial charge on any atom is 0.273 e. The van der Waals surface area contributed by atoms with Crippen LogP contribution in [0.2, 0.25) is 0 Å². The summed E-state index contributed by atoms with van der Waals surface area (Å²) in [5.74, 6) is -0.241. The van der Waals surface area contributed by atoms with E-state index in [2.05, 4.69) is 20.9 Å². The van der Waals surface area contributed by atoms with Gasteiger partial charge in [-0.3, -0.25) is 4.79 Å². The lowest BCUT2D eigenvalue weighted by Gasteiger charge is -2.32. The van der Waals surface area contributed by atoms with E-state index >= 15 is 0 Å². The number of carbonyl (C=O) groups excluding carboxylic acids is 1. The van der Waals surface area contributed by atoms with Crippen LogP contribution in [0.25, 0.3) is 0 Å². The van der Waals surface area contributed by atoms with Crippen molar-refractivity contribution >= 4 is 18.3 Å². The second kappa shape index (κ2) is 8.94. The molecule has 1 aliphatic heterocycles. The molecule has 1 fully saturated rings. The summed E-state index contributed by atoms with van der Waals surface area (Å²) in [6, 6.07) is 9.99. The van der Waals surface area contributed by atoms with Crippen LogP contribution in [-0.4, -0.2) is 51.2 Å². The van der Waals surface area contributed by atoms with E-state index in [0.29, 0.717) is 25.9 Å². The molecule has 0 spiro atoms. The number of carbonyl (C=O) groups is 1. The van der Waals surface area contributed by atoms with Crippen LogP contribution in [0.1, 0.15) is 28.9 Å². The standard InChI is InChI=1S/C17H23N5O2.ClH/c23-16(19-9-6-14-4-2-1-3-5-14)15-12-22(21-20-15)13-17(24)7-10-18-11-8-17;/h1-5,12,18,24H,6-11,13H2,(H,19,23);1H. The zero-order chi connectivity index (χ0) is 16.8. The number of benzene rings is 1. The van der Waals surface area contributed by atoms with Gasteiger partial charge in [-0.2, -0.15) is 0 Å². The molecule has 0 saturated carbocycles. The highest BCUT2D eigenvalue weighted by Gasteiger charge is 2.30. The van der Waals surface area contributed by atoms with Crippen molar-refractivity contribution in [1.29, 1.82) is 0 Å². The smallest absolute Gasteiger partial charge is 0.273 e. The van der Waals surface area contributed by atoms with Gasteiger partial charge in [0.05, 0.1) is 18.3 Å². The Morgan fingerprint density at radius 2 is 2.00 bits per heavy atom. The molecule has 1 amide bonds. The van der Waals surface area contributed by atoms with Crippen LogP contribution < -0.4 is 10.6 Å². The zero-order valence-electron chi connectivity index (χ0n) is 14.0. The average molecular weight is 366 g/mol. The molecule has 0 unspecified atom stereocenters. The minimum atomic E-state index is -0.778. The van der Waals surface area contributed by atoms with Gasteiger partial charge in [0.2, 0.25) is 0 Å². The minimum absolute atomic E-state index is 0. The van der Waals surface area contributed by atoms with E-state index in [1.165, 1.54) is 5.56 Å². The molecule has 1 aliphatic rings. The average Bonchev–Trinajstić information content (AvgIpc) is 3.04. The first kappa shape index (κ1) is 19.4. The minimum Gasteiger partial charge on any atom is -0.388 e. The van der Waals surface area contributed by atoms with Gasteiger partial charge in [-0.1, -0.05) is 35.5 Å². The van der Waals surface area contributed by atoms with E-state index in [9.17, 15) is 9.90 Å². The summed E-state index contributed by atoms with van der Waals surface area (Å²) in [6.07, 6.45) is 3.71. The molecule has 2 aromatic rings. The maximum atomic E-state index is 12.1. The molecule has 1 aromatic carbocycles. The number of hydrogen-bond donors (Lipinski definition) is 3. The van der Waals surface area contributed by atoms with Crippen molar-refractivity contribution in [2.24, 2.45) is 0 Å². The summed E-state index contributed by atoms with van der Waals surface area (Å²) in [6.45, 7) is 2.49. The SMILES string of the molecule is Cl.O=C(NCCc1ccccc1)c1cn(CC2(O)CCNCC2)nn1. The van der Waals surface area contributed by atoms with Crippen molar-refractivity contribution in [1.82, 2.24) is 25.6 Å². The van der Waals surface area contributed by atoms with Gasteiger partial charge in [-0.25, -0.2) is 4.68 Å². The van der Waals surface area contributed by atoms with Crippen molar-refractivity contribution in [2.75, 3.05) is 19.6 Å². The highest BCUT2D eigenvalue weighted by atomic mass is 35.5. The van der Waals surface area contributed by atoms with Crippen molar-refractivity contribution in [3.63, 3.8) is 0 Å². The van der Waals surface area contributed by atoms with Crippen molar-refractivity contribution < 1.29 is 9.90 Å². The van der Waals surface area contributed by atoms with Gasteiger partial charge in [-0.05, 0) is 37.9 Å². The van der Waals surface area contributed by atoms with Crippen LogP contribution in [0, 0.1) is 0 Å². The molecule has 25 heavy (non-hydrogen) atoms. The Bertz CT molecular complexity index is 671. The van der Waals surface area contributed by atoms with Crippen LogP contribution in [0.15, 0.2) is 36.5 Å². The van der Waals surface area contributed by atoms with Gasteiger partial charge in [-0.15, -0.1) is 17.5 Å². The summed E-state index contributed by atoms with van der Waals surface area (Å²) in [5.41, 5.74) is 0.676. The van der Waals surface area contributed by atoms with E-state index < -0.39 is 5.60 Å². The molecular weight excluding hydrogens is 342 g/mol. The Morgan fingerprint density at radius 1 is 1.28 bits per heavy atom. The first-order chi connectivity index (χ1) is 11.6. The van der Waals surface area contributed by atoms with Gasteiger partial charge in [0.15, 0.2) is 5.69 Å². The largest absolute Gasteiger partial charge is 0.388 e. The lowest BCUT2D eigenvalue weighted by Crippen LogP contribution is -2.44. The Morgan fingerprint density at radius 3 is 2.72 bits per heavy atom. The monoisotopic (exact) mass is 365 g/mol. The molecule has 8 heteroatoms. The van der Waals surface area contributed by atoms with Crippen LogP contribution in [0.4, 0.5) is 0 Å². The molecule has 7 nitrogen and oxygen atoms in total. The third kappa shape index (κ3) is 5.52. The van der Waals surface area contributed by atoms with E-state index in [0.717, 1.165) is 19.5 Å². The fourth-order valence-electron chi connectivity index (χ4n) is 2.89. The predicted octanol–water partition coefficient (Wildman–Crippen LogP) is 0.787. The van der Waals surface area contributed by atoms with Gasteiger partial charge >= 0.3 is 0 Å². The van der Waals surface area contributed by atoms with Crippen LogP contribution in [0.3, 0.4) is 0 Å². The number of amides is 1. The molecule has 2 heterocycles. The molecule has 0 aliphatic carbocycles. The maximum absolute atomic E-state index is 12.1. The van der Waals surface area contributed by atoms with E-state index in [1.807, 2.05) is 30.3 Å². The summed E-state index contributed by atoms with van der Waals surface area (Å²) >= 11 is 0. The molecule has 1 aromatic heterocycles. The number of piperidine rings is 1. The number of nitrogens with zero attached hydrogens (tertiary/aromatic N) is 3. The Hall–Kier alpha value is -1.96. The quantitative estimate of drug-likeness (QED) is 0.703. The Labute approximate surface area is 153 Å². The third-order valence-corrected chi connectivity index (χ3v) is 4.30. The molecule has 0 atom stereocenters. The lowest BCUT2D eigenvalue weighted by molar-refractivity contribution is -0.00866. The highest BCUT2D eigenvalue weighted by molar-refractivity contribution is 5.91. The van der Waals surface area contributed by atoms with Crippen LogP contribution in [0.5, 0.6) is 0 Å². The van der Waals surface area contributed by atoms with Gasteiger partial charge in [0.25, 0.3) is 5.91 Å². The van der Waals surface area contributed by atoms with E-state index in [1.54, 1.807) is 10.9 Å². The second-order valence-electron chi connectivity index (χ2n) is 6.27. The molecule has 3 rings (SSSR count). The fourth-order valence-corrected chi connectivity index (χ4v) is 2.89. The Kier molecular flexibility index (Phi) is 6.92. The topological polar surface area (TPSA) is 92.1 Å². The highest BCUT2D eigenvalue weighted by Crippen LogP contribution is 2.19. The van der Waals surface area contributed by atoms with Crippen molar-refractivity contribution in [3.8, 4) is 0 Å². The lowest BCUT2D eigenvalue weighted by atomic mass is 9.92. The molecular formula is C17H24ClN5O2. The van der Waals surface area contributed by atoms with Crippen molar-refractivity contribution in [3.05, 3.63) is 47.8 Å². The first-order valence-electron chi connectivity index (χ1n) is 8.30. The zero-order valence-corrected chi connectivity index (χ0v) is 14.8. The molecule has 136 valence electrons. The summed E-state index contributed by atoms with van der Waals surface area (Å²) in [4.78, 5) is 12.1. The molecule has 0 radical (unpaired) electrons. The molecule has 1 saturated heterocycles. The number of halogens is 1. The summed E-state index contributed by atoms with van der Waals surface area (Å²) in [5, 5.41) is 24.5. The van der Waals surface area contributed by atoms with Crippen LogP contribution >= 0.6 is 12.4 Å². The predicted molar refractivity (Wildman–Crippen MR) is 96.8 cm³/mol. The summed E-state index contributed by atoms with van der Waals surface area (Å²) < 4.78 is 1.55. The van der Waals surface area contributed by atoms with Gasteiger partial charge in [0, 0.05) is 6.54 Å². The number of nitrogens with one attached hydrogen (secondary N) is 2. The molecule has 0 bridgehead atoms. The van der Waals surface area contributed by atoms with Crippen LogP contribution in [-0.2, 0) is 13.0 Å². The fraction of sp³-hybridized carbons (Fsp3) is 0.471. The van der Waals surface area contributed by atoms with Gasteiger partial charge < -0.3 is 15.7 Å². The molecule has 3 N–H and O–H groups in total. The van der Waals surface area contributed by atoms with E-state index in [-0.39, 0.29) is 24.0 Å². The van der Waals surface area contributed by atoms with Gasteiger partial charge in [0.1, 0.15) is 0 Å². The Balaban J connectivity index is 0.00000225. The first-order valence-corrected chi connectivity index (χ1v) is 8.30.